The summed E-state index contributed by atoms with van der Waals surface area (Å²) < 4.78 is 28.0. The Morgan fingerprint density at radius 1 is 1.19 bits per heavy atom. The van der Waals surface area contributed by atoms with Gasteiger partial charge in [0, 0.05) is 19.1 Å². The monoisotopic (exact) mass is 509 g/mol. The first-order chi connectivity index (χ1) is 17.3. The fourth-order valence-electron chi connectivity index (χ4n) is 3.88. The molecule has 2 heterocycles. The van der Waals surface area contributed by atoms with E-state index in [1.807, 2.05) is 6.07 Å². The van der Waals surface area contributed by atoms with Crippen LogP contribution < -0.4 is 11.1 Å². The Kier molecular flexibility index (Phi) is 7.26. The Morgan fingerprint density at radius 3 is 2.50 bits per heavy atom. The van der Waals surface area contributed by atoms with Gasteiger partial charge in [0.25, 0.3) is 5.91 Å². The molecular formula is C25H21F2N5O3S. The van der Waals surface area contributed by atoms with Crippen LogP contribution in [-0.2, 0) is 4.79 Å². The smallest absolute Gasteiger partial charge is 0.264 e. The van der Waals surface area contributed by atoms with Crippen molar-refractivity contribution in [1.29, 1.82) is 5.26 Å². The average Bonchev–Trinajstić information content (AvgIpc) is 3.22. The van der Waals surface area contributed by atoms with E-state index in [0.717, 1.165) is 23.5 Å². The molecule has 36 heavy (non-hydrogen) atoms. The summed E-state index contributed by atoms with van der Waals surface area (Å²) in [6.07, 6.45) is 2.52. The summed E-state index contributed by atoms with van der Waals surface area (Å²) in [5.41, 5.74) is 5.68. The van der Waals surface area contributed by atoms with Crippen molar-refractivity contribution in [3.8, 4) is 11.8 Å². The summed E-state index contributed by atoms with van der Waals surface area (Å²) in [6.45, 7) is 0.755. The second-order valence-corrected chi connectivity index (χ2v) is 9.13. The average molecular weight is 510 g/mol. The van der Waals surface area contributed by atoms with E-state index in [4.69, 9.17) is 5.73 Å². The molecule has 8 nitrogen and oxygen atoms in total. The first-order valence-corrected chi connectivity index (χ1v) is 11.8. The summed E-state index contributed by atoms with van der Waals surface area (Å²) in [6, 6.07) is 11.3. The van der Waals surface area contributed by atoms with Crippen LogP contribution in [0.3, 0.4) is 0 Å². The van der Waals surface area contributed by atoms with Crippen LogP contribution in [0.15, 0.2) is 48.0 Å². The number of nitrogen functional groups attached to an aromatic ring is 1. The van der Waals surface area contributed by atoms with Gasteiger partial charge in [-0.25, -0.2) is 13.8 Å². The highest BCUT2D eigenvalue weighted by Gasteiger charge is 2.27. The number of ketones is 1. The van der Waals surface area contributed by atoms with Gasteiger partial charge in [0.15, 0.2) is 5.13 Å². The molecule has 4 rings (SSSR count). The first kappa shape index (κ1) is 24.8. The summed E-state index contributed by atoms with van der Waals surface area (Å²) in [5.74, 6) is -3.33. The van der Waals surface area contributed by atoms with E-state index in [0.29, 0.717) is 36.6 Å². The fraction of sp³-hybridized carbons (Fsp3) is 0.200. The van der Waals surface area contributed by atoms with Crippen molar-refractivity contribution in [2.24, 2.45) is 0 Å². The number of hydrogen-bond acceptors (Lipinski definition) is 8. The number of halogens is 2. The van der Waals surface area contributed by atoms with Gasteiger partial charge in [-0.3, -0.25) is 9.59 Å². The van der Waals surface area contributed by atoms with Gasteiger partial charge in [-0.1, -0.05) is 29.5 Å². The Morgan fingerprint density at radius 2 is 1.86 bits per heavy atom. The number of nitrogens with zero attached hydrogens (tertiary/aromatic N) is 3. The highest BCUT2D eigenvalue weighted by Crippen LogP contribution is 2.30. The van der Waals surface area contributed by atoms with E-state index in [-0.39, 0.29) is 28.1 Å². The van der Waals surface area contributed by atoms with Gasteiger partial charge in [-0.2, -0.15) is 5.26 Å². The molecular weight excluding hydrogens is 488 g/mol. The zero-order valence-electron chi connectivity index (χ0n) is 18.9. The van der Waals surface area contributed by atoms with E-state index in [1.54, 1.807) is 17.0 Å². The van der Waals surface area contributed by atoms with Gasteiger partial charge in [-0.05, 0) is 48.7 Å². The van der Waals surface area contributed by atoms with E-state index in [1.165, 1.54) is 24.3 Å². The van der Waals surface area contributed by atoms with Gasteiger partial charge in [0.05, 0.1) is 5.56 Å². The minimum atomic E-state index is -0.978. The van der Waals surface area contributed by atoms with Gasteiger partial charge < -0.3 is 21.1 Å². The number of piperidine rings is 1. The highest BCUT2D eigenvalue weighted by atomic mass is 32.1. The predicted molar refractivity (Wildman–Crippen MR) is 131 cm³/mol. The minimum absolute atomic E-state index is 0.0343. The first-order valence-electron chi connectivity index (χ1n) is 11.0. The number of carbonyl (C=O) groups is 2. The van der Waals surface area contributed by atoms with Crippen molar-refractivity contribution in [1.82, 2.24) is 9.88 Å². The van der Waals surface area contributed by atoms with Crippen LogP contribution in [0.25, 0.3) is 6.08 Å². The summed E-state index contributed by atoms with van der Waals surface area (Å²) in [4.78, 5) is 31.1. The summed E-state index contributed by atoms with van der Waals surface area (Å²) in [7, 11) is 0. The Labute approximate surface area is 209 Å². The molecule has 0 aliphatic carbocycles. The fourth-order valence-corrected chi connectivity index (χ4v) is 4.79. The zero-order valence-corrected chi connectivity index (χ0v) is 19.7. The molecule has 4 N–H and O–H groups in total. The minimum Gasteiger partial charge on any atom is -0.508 e. The largest absolute Gasteiger partial charge is 0.508 e. The molecule has 1 fully saturated rings. The number of nitrogens with one attached hydrogen (secondary N) is 1. The van der Waals surface area contributed by atoms with Crippen molar-refractivity contribution >= 4 is 40.1 Å². The van der Waals surface area contributed by atoms with Crippen LogP contribution in [0.4, 0.5) is 19.7 Å². The highest BCUT2D eigenvalue weighted by molar-refractivity contribution is 7.18. The number of nitrogens with two attached hydrogens (primary N) is 1. The number of phenolic OH excluding ortho intramolecular Hbond substituents is 1. The molecule has 1 amide bonds. The third-order valence-corrected chi connectivity index (χ3v) is 6.69. The van der Waals surface area contributed by atoms with Crippen LogP contribution in [0.1, 0.15) is 33.6 Å². The predicted octanol–water partition coefficient (Wildman–Crippen LogP) is 3.95. The number of rotatable bonds is 6. The molecule has 0 saturated carbocycles. The third kappa shape index (κ3) is 5.34. The number of thiazole rings is 1. The van der Waals surface area contributed by atoms with Crippen molar-refractivity contribution in [2.75, 3.05) is 24.1 Å². The molecule has 0 bridgehead atoms. The molecule has 1 aromatic heterocycles. The molecule has 2 aromatic carbocycles. The second kappa shape index (κ2) is 10.5. The Bertz CT molecular complexity index is 1370. The van der Waals surface area contributed by atoms with Gasteiger partial charge in [0.2, 0.25) is 5.78 Å². The van der Waals surface area contributed by atoms with Crippen molar-refractivity contribution < 1.29 is 23.5 Å². The number of aromatic hydroxyl groups is 1. The molecule has 1 aliphatic rings. The van der Waals surface area contributed by atoms with Crippen LogP contribution in [0.5, 0.6) is 5.75 Å². The Balaban J connectivity index is 1.39. The quantitative estimate of drug-likeness (QED) is 0.260. The second-order valence-electron chi connectivity index (χ2n) is 8.13. The number of likely N-dealkylation sites (tertiary alicyclic amines) is 1. The van der Waals surface area contributed by atoms with Crippen molar-refractivity contribution in [2.45, 2.75) is 18.9 Å². The molecule has 0 unspecified atom stereocenters. The standard InChI is InChI=1S/C25H21F2N5O3S/c26-18-5-2-6-19(27)20(18)21(34)22-23(29)31-25(36-22)30-16-7-9-32(10-8-16)24(35)15(13-28)11-14-3-1-4-17(33)12-14/h1-6,11-12,16,33H,7-10,29H2,(H,30,31). The third-order valence-electron chi connectivity index (χ3n) is 5.69. The van der Waals surface area contributed by atoms with Crippen LogP contribution in [0.2, 0.25) is 0 Å². The van der Waals surface area contributed by atoms with Gasteiger partial charge >= 0.3 is 0 Å². The van der Waals surface area contributed by atoms with Gasteiger partial charge in [-0.15, -0.1) is 0 Å². The lowest BCUT2D eigenvalue weighted by atomic mass is 10.0. The molecule has 1 saturated heterocycles. The SMILES string of the molecule is N#CC(=Cc1cccc(O)c1)C(=O)N1CCC(Nc2nc(N)c(C(=O)c3c(F)cccc3F)s2)CC1. The van der Waals surface area contributed by atoms with E-state index < -0.39 is 28.9 Å². The molecule has 184 valence electrons. The molecule has 3 aromatic rings. The Hall–Kier alpha value is -4.30. The lowest BCUT2D eigenvalue weighted by molar-refractivity contribution is -0.127. The van der Waals surface area contributed by atoms with E-state index in [9.17, 15) is 28.7 Å². The number of amides is 1. The maximum absolute atomic E-state index is 14.0. The topological polar surface area (TPSA) is 132 Å². The molecule has 0 spiro atoms. The molecule has 11 heteroatoms. The van der Waals surface area contributed by atoms with Crippen LogP contribution in [-0.4, -0.2) is 45.8 Å². The lowest BCUT2D eigenvalue weighted by Gasteiger charge is -2.32. The van der Waals surface area contributed by atoms with Crippen molar-refractivity contribution in [3.05, 3.63) is 75.7 Å². The normalized spacial score (nSPS) is 14.4. The lowest BCUT2D eigenvalue weighted by Crippen LogP contribution is -2.42. The number of phenols is 1. The molecule has 1 aliphatic heterocycles. The van der Waals surface area contributed by atoms with Crippen LogP contribution >= 0.6 is 11.3 Å². The zero-order chi connectivity index (χ0) is 25.8. The maximum Gasteiger partial charge on any atom is 0.264 e. The van der Waals surface area contributed by atoms with E-state index in [2.05, 4.69) is 10.3 Å². The number of nitriles is 1. The maximum atomic E-state index is 14.0. The number of aromatic nitrogens is 1. The van der Waals surface area contributed by atoms with Crippen molar-refractivity contribution in [3.63, 3.8) is 0 Å². The summed E-state index contributed by atoms with van der Waals surface area (Å²) in [5, 5.41) is 22.6. The molecule has 0 atom stereocenters. The number of carbonyl (C=O) groups excluding carboxylic acids is 2. The number of hydrogen-bond donors (Lipinski definition) is 3. The van der Waals surface area contributed by atoms with Gasteiger partial charge in [0.1, 0.15) is 39.7 Å². The van der Waals surface area contributed by atoms with Crippen LogP contribution in [0, 0.1) is 23.0 Å². The summed E-state index contributed by atoms with van der Waals surface area (Å²) >= 11 is 0.908. The molecule has 0 radical (unpaired) electrons. The number of benzene rings is 2. The number of anilines is 2. The van der Waals surface area contributed by atoms with E-state index >= 15 is 0 Å².